The molecule has 2 N–H and O–H groups in total. The number of rotatable bonds is 8. The first-order valence-corrected chi connectivity index (χ1v) is 12.0. The molecule has 0 saturated carbocycles. The van der Waals surface area contributed by atoms with Crippen LogP contribution in [-0.4, -0.2) is 62.4 Å². The zero-order chi connectivity index (χ0) is 24.8. The van der Waals surface area contributed by atoms with Crippen LogP contribution in [0, 0.1) is 23.7 Å². The van der Waals surface area contributed by atoms with E-state index in [1.807, 2.05) is 42.1 Å². The number of imidazole rings is 1. The average molecular weight is 477 g/mol. The minimum atomic E-state index is -0.784. The molecule has 3 atom stereocenters. The first kappa shape index (κ1) is 24.7. The third-order valence-corrected chi connectivity index (χ3v) is 6.89. The number of aromatic nitrogens is 3. The Kier molecular flexibility index (Phi) is 8.01. The maximum atomic E-state index is 11.6. The molecule has 1 aliphatic rings. The minimum Gasteiger partial charge on any atom is -0.497 e. The number of likely N-dealkylation sites (tertiary alicyclic amines) is 1. The van der Waals surface area contributed by atoms with Crippen LogP contribution in [0.3, 0.4) is 0 Å². The van der Waals surface area contributed by atoms with E-state index >= 15 is 0 Å². The summed E-state index contributed by atoms with van der Waals surface area (Å²) in [6, 6.07) is 7.50. The molecule has 8 heteroatoms. The molecule has 4 rings (SSSR count). The lowest BCUT2D eigenvalue weighted by atomic mass is 9.79. The van der Waals surface area contributed by atoms with Gasteiger partial charge in [-0.1, -0.05) is 5.92 Å². The second-order valence-corrected chi connectivity index (χ2v) is 9.18. The highest BCUT2D eigenvalue weighted by atomic mass is 16.5. The number of aliphatic hydroxyl groups is 1. The van der Waals surface area contributed by atoms with E-state index in [0.717, 1.165) is 47.4 Å². The molecule has 2 aromatic heterocycles. The Morgan fingerprint density at radius 1 is 1.26 bits per heavy atom. The summed E-state index contributed by atoms with van der Waals surface area (Å²) in [7, 11) is 3.53. The average Bonchev–Trinajstić information content (AvgIpc) is 3.26. The van der Waals surface area contributed by atoms with Gasteiger partial charge in [-0.25, -0.2) is 4.98 Å². The van der Waals surface area contributed by atoms with Gasteiger partial charge in [-0.05, 0) is 73.4 Å². The predicted octanol–water partition coefficient (Wildman–Crippen LogP) is 3.26. The topological polar surface area (TPSA) is 101 Å². The Bertz CT molecular complexity index is 1230. The number of aliphatic hydroxyl groups excluding tert-OH is 1. The van der Waals surface area contributed by atoms with Gasteiger partial charge in [0.25, 0.3) is 0 Å². The number of nitrogens with zero attached hydrogens (tertiary/aromatic N) is 4. The standard InChI is InChI=1S/C27H32N4O4/c1-30-15-12-29-26(30)4-3-13-31-14-10-19(20(18-31)16-27(33)34)5-8-25(32)22-9-11-28-24-7-6-21(35-2)17-23(22)24/h6-7,9,11-12,15,17,19-20,25,32H,5,8,10,13-14,16,18H2,1-2H3,(H,33,34)/t19-,20+,25+/m1/s1. The molecule has 0 unspecified atom stereocenters. The van der Waals surface area contributed by atoms with Crippen molar-refractivity contribution in [3.63, 3.8) is 0 Å². The van der Waals surface area contributed by atoms with E-state index in [4.69, 9.17) is 4.74 Å². The SMILES string of the molecule is COc1ccc2nccc([C@@H](O)CC[C@@H]3CCN(CC#Cc4nccn4C)C[C@@H]3CC(=O)O)c2c1. The Balaban J connectivity index is 1.39. The Morgan fingerprint density at radius 3 is 2.86 bits per heavy atom. The number of carbonyl (C=O) groups is 1. The number of aliphatic carboxylic acids is 1. The van der Waals surface area contributed by atoms with E-state index in [2.05, 4.69) is 26.7 Å². The maximum Gasteiger partial charge on any atom is 0.303 e. The fourth-order valence-corrected chi connectivity index (χ4v) is 4.94. The summed E-state index contributed by atoms with van der Waals surface area (Å²) < 4.78 is 7.22. The number of hydrogen-bond donors (Lipinski definition) is 2. The van der Waals surface area contributed by atoms with E-state index in [1.54, 1.807) is 19.5 Å². The van der Waals surface area contributed by atoms with E-state index in [0.29, 0.717) is 19.5 Å². The summed E-state index contributed by atoms with van der Waals surface area (Å²) in [6.45, 7) is 2.14. The predicted molar refractivity (Wildman–Crippen MR) is 133 cm³/mol. The number of carboxylic acids is 1. The van der Waals surface area contributed by atoms with Crippen LogP contribution >= 0.6 is 0 Å². The molecular formula is C27H32N4O4. The smallest absolute Gasteiger partial charge is 0.303 e. The molecule has 0 aliphatic carbocycles. The fourth-order valence-electron chi connectivity index (χ4n) is 4.94. The van der Waals surface area contributed by atoms with Crippen molar-refractivity contribution in [2.75, 3.05) is 26.7 Å². The summed E-state index contributed by atoms with van der Waals surface area (Å²) in [4.78, 5) is 22.4. The van der Waals surface area contributed by atoms with Crippen LogP contribution in [0.5, 0.6) is 5.75 Å². The molecule has 0 radical (unpaired) electrons. The van der Waals surface area contributed by atoms with Crippen molar-refractivity contribution in [1.82, 2.24) is 19.4 Å². The Morgan fingerprint density at radius 2 is 2.11 bits per heavy atom. The molecule has 0 bridgehead atoms. The molecule has 0 spiro atoms. The van der Waals surface area contributed by atoms with Crippen molar-refractivity contribution in [2.24, 2.45) is 18.9 Å². The summed E-state index contributed by atoms with van der Waals surface area (Å²) in [5.74, 6) is 7.18. The fraction of sp³-hybridized carbons (Fsp3) is 0.444. The number of pyridine rings is 1. The molecular weight excluding hydrogens is 444 g/mol. The van der Waals surface area contributed by atoms with Gasteiger partial charge in [-0.2, -0.15) is 0 Å². The molecule has 1 saturated heterocycles. The molecule has 1 aliphatic heterocycles. The molecule has 184 valence electrons. The third-order valence-electron chi connectivity index (χ3n) is 6.89. The van der Waals surface area contributed by atoms with Crippen LogP contribution < -0.4 is 4.74 Å². The molecule has 0 amide bonds. The van der Waals surface area contributed by atoms with Crippen LogP contribution in [0.25, 0.3) is 10.9 Å². The van der Waals surface area contributed by atoms with Gasteiger partial charge in [0.2, 0.25) is 0 Å². The van der Waals surface area contributed by atoms with Crippen LogP contribution in [0.15, 0.2) is 42.9 Å². The maximum absolute atomic E-state index is 11.6. The largest absolute Gasteiger partial charge is 0.497 e. The van der Waals surface area contributed by atoms with Crippen molar-refractivity contribution >= 4 is 16.9 Å². The van der Waals surface area contributed by atoms with Gasteiger partial charge in [0.05, 0.1) is 25.3 Å². The van der Waals surface area contributed by atoms with Gasteiger partial charge in [-0.15, -0.1) is 0 Å². The van der Waals surface area contributed by atoms with E-state index in [-0.39, 0.29) is 18.3 Å². The van der Waals surface area contributed by atoms with E-state index in [1.165, 1.54) is 0 Å². The highest BCUT2D eigenvalue weighted by molar-refractivity contribution is 5.83. The lowest BCUT2D eigenvalue weighted by molar-refractivity contribution is -0.139. The number of ether oxygens (including phenoxy) is 1. The molecule has 1 fully saturated rings. The number of methoxy groups -OCH3 is 1. The monoisotopic (exact) mass is 476 g/mol. The number of benzene rings is 1. The summed E-state index contributed by atoms with van der Waals surface area (Å²) in [5.41, 5.74) is 1.64. The quantitative estimate of drug-likeness (QED) is 0.481. The van der Waals surface area contributed by atoms with Gasteiger partial charge in [0, 0.05) is 44.0 Å². The highest BCUT2D eigenvalue weighted by Gasteiger charge is 2.31. The van der Waals surface area contributed by atoms with Gasteiger partial charge >= 0.3 is 5.97 Å². The Labute approximate surface area is 205 Å². The van der Waals surface area contributed by atoms with Gasteiger partial charge < -0.3 is 19.5 Å². The van der Waals surface area contributed by atoms with Crippen molar-refractivity contribution in [2.45, 2.75) is 31.8 Å². The van der Waals surface area contributed by atoms with Crippen LogP contribution in [0.4, 0.5) is 0 Å². The summed E-state index contributed by atoms with van der Waals surface area (Å²) in [6.07, 6.45) is 6.98. The zero-order valence-corrected chi connectivity index (χ0v) is 20.2. The Hall–Kier alpha value is -3.41. The van der Waals surface area contributed by atoms with Crippen molar-refractivity contribution < 1.29 is 19.7 Å². The van der Waals surface area contributed by atoms with Crippen molar-refractivity contribution in [3.05, 3.63) is 54.2 Å². The zero-order valence-electron chi connectivity index (χ0n) is 20.2. The van der Waals surface area contributed by atoms with Gasteiger partial charge in [-0.3, -0.25) is 14.7 Å². The van der Waals surface area contributed by atoms with Crippen LogP contribution in [-0.2, 0) is 11.8 Å². The molecule has 3 heterocycles. The molecule has 35 heavy (non-hydrogen) atoms. The van der Waals surface area contributed by atoms with Gasteiger partial charge in [0.15, 0.2) is 5.82 Å². The van der Waals surface area contributed by atoms with Crippen LogP contribution in [0.1, 0.15) is 43.2 Å². The number of aryl methyl sites for hydroxylation is 1. The molecule has 1 aromatic carbocycles. The summed E-state index contributed by atoms with van der Waals surface area (Å²) >= 11 is 0. The second kappa shape index (κ2) is 11.3. The lowest BCUT2D eigenvalue weighted by Crippen LogP contribution is -2.41. The normalized spacial score (nSPS) is 19.2. The van der Waals surface area contributed by atoms with Crippen molar-refractivity contribution in [3.8, 4) is 17.6 Å². The van der Waals surface area contributed by atoms with Crippen molar-refractivity contribution in [1.29, 1.82) is 0 Å². The third kappa shape index (κ3) is 6.18. The first-order valence-electron chi connectivity index (χ1n) is 12.0. The number of carboxylic acid groups (broad SMARTS) is 1. The molecule has 8 nitrogen and oxygen atoms in total. The van der Waals surface area contributed by atoms with Gasteiger partial charge in [0.1, 0.15) is 5.75 Å². The van der Waals surface area contributed by atoms with E-state index < -0.39 is 12.1 Å². The number of hydrogen-bond acceptors (Lipinski definition) is 6. The minimum absolute atomic E-state index is 0.0256. The first-order chi connectivity index (χ1) is 16.9. The molecule has 3 aromatic rings. The second-order valence-electron chi connectivity index (χ2n) is 9.18. The number of piperidine rings is 1. The van der Waals surface area contributed by atoms with Crippen LogP contribution in [0.2, 0.25) is 0 Å². The van der Waals surface area contributed by atoms with E-state index in [9.17, 15) is 15.0 Å². The lowest BCUT2D eigenvalue weighted by Gasteiger charge is -2.37. The number of fused-ring (bicyclic) bond motifs is 1. The summed E-state index contributed by atoms with van der Waals surface area (Å²) in [5, 5.41) is 21.4. The highest BCUT2D eigenvalue weighted by Crippen LogP contribution is 2.34.